The minimum absolute atomic E-state index is 0.0219. The fourth-order valence-corrected chi connectivity index (χ4v) is 4.69. The molecule has 1 N–H and O–H groups in total. The van der Waals surface area contributed by atoms with E-state index in [0.29, 0.717) is 39.8 Å². The third-order valence-electron chi connectivity index (χ3n) is 6.56. The summed E-state index contributed by atoms with van der Waals surface area (Å²) in [6.45, 7) is 2.02. The molecule has 0 aromatic heterocycles. The standard InChI is InChI=1S/C31H23NO6/c1-19-10-13-22(14-11-19)32-28(20-6-5-9-24(16-20)38-23-7-3-2-4-8-23)27(30(34)31(32)35)29(33)21-12-15-25-26(17-21)37-18-36-25/h2-17,28,33H,18H2,1H3/b29-27-. The molecule has 6 rings (SSSR count). The highest BCUT2D eigenvalue weighted by Gasteiger charge is 2.47. The van der Waals surface area contributed by atoms with Gasteiger partial charge >= 0.3 is 0 Å². The summed E-state index contributed by atoms with van der Waals surface area (Å²) in [7, 11) is 0. The zero-order valence-electron chi connectivity index (χ0n) is 20.5. The largest absolute Gasteiger partial charge is 0.507 e. The Kier molecular flexibility index (Phi) is 5.81. The molecule has 1 saturated heterocycles. The third kappa shape index (κ3) is 4.14. The van der Waals surface area contributed by atoms with Crippen molar-refractivity contribution in [2.75, 3.05) is 11.7 Å². The molecule has 2 heterocycles. The van der Waals surface area contributed by atoms with E-state index in [9.17, 15) is 14.7 Å². The van der Waals surface area contributed by atoms with Crippen molar-refractivity contribution in [1.82, 2.24) is 0 Å². The molecule has 188 valence electrons. The van der Waals surface area contributed by atoms with Gasteiger partial charge in [-0.3, -0.25) is 14.5 Å². The number of para-hydroxylation sites is 1. The van der Waals surface area contributed by atoms with Crippen LogP contribution in [0.5, 0.6) is 23.0 Å². The number of aryl methyl sites for hydroxylation is 1. The molecular weight excluding hydrogens is 482 g/mol. The molecule has 0 aliphatic carbocycles. The van der Waals surface area contributed by atoms with Crippen LogP contribution in [-0.4, -0.2) is 23.6 Å². The van der Waals surface area contributed by atoms with Gasteiger partial charge in [0, 0.05) is 11.3 Å². The summed E-state index contributed by atoms with van der Waals surface area (Å²) in [5, 5.41) is 11.4. The van der Waals surface area contributed by atoms with Gasteiger partial charge in [-0.1, -0.05) is 48.0 Å². The van der Waals surface area contributed by atoms with Crippen LogP contribution >= 0.6 is 0 Å². The van der Waals surface area contributed by atoms with E-state index < -0.39 is 17.7 Å². The number of rotatable bonds is 5. The average molecular weight is 506 g/mol. The lowest BCUT2D eigenvalue weighted by molar-refractivity contribution is -0.132. The second-order valence-corrected chi connectivity index (χ2v) is 9.06. The predicted molar refractivity (Wildman–Crippen MR) is 141 cm³/mol. The molecule has 0 saturated carbocycles. The number of amides is 1. The Balaban J connectivity index is 1.49. The topological polar surface area (TPSA) is 85.3 Å². The summed E-state index contributed by atoms with van der Waals surface area (Å²) in [5.41, 5.74) is 2.49. The zero-order chi connectivity index (χ0) is 26.2. The summed E-state index contributed by atoms with van der Waals surface area (Å²) in [6.07, 6.45) is 0. The molecule has 4 aromatic rings. The lowest BCUT2D eigenvalue weighted by Crippen LogP contribution is -2.29. The van der Waals surface area contributed by atoms with E-state index in [1.165, 1.54) is 4.90 Å². The fraction of sp³-hybridized carbons (Fsp3) is 0.0968. The number of carbonyl (C=O) groups is 2. The third-order valence-corrected chi connectivity index (χ3v) is 6.56. The summed E-state index contributed by atoms with van der Waals surface area (Å²) in [4.78, 5) is 28.3. The highest BCUT2D eigenvalue weighted by atomic mass is 16.7. The van der Waals surface area contributed by atoms with Crippen LogP contribution in [0.3, 0.4) is 0 Å². The molecule has 0 spiro atoms. The molecular formula is C31H23NO6. The lowest BCUT2D eigenvalue weighted by Gasteiger charge is -2.26. The van der Waals surface area contributed by atoms with Crippen LogP contribution in [0.2, 0.25) is 0 Å². The lowest BCUT2D eigenvalue weighted by atomic mass is 9.94. The quantitative estimate of drug-likeness (QED) is 0.199. The van der Waals surface area contributed by atoms with Crippen molar-refractivity contribution in [3.8, 4) is 23.0 Å². The minimum Gasteiger partial charge on any atom is -0.507 e. The number of benzene rings is 4. The van der Waals surface area contributed by atoms with Crippen LogP contribution in [0, 0.1) is 6.92 Å². The maximum Gasteiger partial charge on any atom is 0.300 e. The van der Waals surface area contributed by atoms with Gasteiger partial charge in [0.05, 0.1) is 11.6 Å². The summed E-state index contributed by atoms with van der Waals surface area (Å²) < 4.78 is 16.8. The van der Waals surface area contributed by atoms with Gasteiger partial charge in [-0.15, -0.1) is 0 Å². The molecule has 0 bridgehead atoms. The van der Waals surface area contributed by atoms with Crippen molar-refractivity contribution in [2.45, 2.75) is 13.0 Å². The highest BCUT2D eigenvalue weighted by molar-refractivity contribution is 6.51. The van der Waals surface area contributed by atoms with Gasteiger partial charge < -0.3 is 19.3 Å². The molecule has 7 heteroatoms. The number of ether oxygens (including phenoxy) is 3. The zero-order valence-corrected chi connectivity index (χ0v) is 20.5. The van der Waals surface area contributed by atoms with Gasteiger partial charge in [0.2, 0.25) is 6.79 Å². The molecule has 1 atom stereocenters. The second-order valence-electron chi connectivity index (χ2n) is 9.06. The van der Waals surface area contributed by atoms with Crippen LogP contribution < -0.4 is 19.1 Å². The number of aliphatic hydroxyl groups excluding tert-OH is 1. The molecule has 1 fully saturated rings. The number of Topliss-reactive ketones (excluding diaryl/α,β-unsaturated/α-hetero) is 1. The van der Waals surface area contributed by atoms with Crippen LogP contribution in [0.25, 0.3) is 5.76 Å². The molecule has 2 aliphatic heterocycles. The van der Waals surface area contributed by atoms with E-state index in [1.807, 2.05) is 55.5 Å². The Morgan fingerprint density at radius 1 is 0.842 bits per heavy atom. The van der Waals surface area contributed by atoms with E-state index in [4.69, 9.17) is 14.2 Å². The van der Waals surface area contributed by atoms with E-state index >= 15 is 0 Å². The van der Waals surface area contributed by atoms with Gasteiger partial charge in [0.25, 0.3) is 11.7 Å². The maximum atomic E-state index is 13.5. The first-order valence-electron chi connectivity index (χ1n) is 12.1. The van der Waals surface area contributed by atoms with Crippen LogP contribution in [-0.2, 0) is 9.59 Å². The molecule has 4 aromatic carbocycles. The molecule has 38 heavy (non-hydrogen) atoms. The number of nitrogens with zero attached hydrogens (tertiary/aromatic N) is 1. The molecule has 1 unspecified atom stereocenters. The number of fused-ring (bicyclic) bond motifs is 1. The summed E-state index contributed by atoms with van der Waals surface area (Å²) in [5.74, 6) is 0.385. The number of aliphatic hydroxyl groups is 1. The van der Waals surface area contributed by atoms with Gasteiger partial charge in [-0.05, 0) is 67.1 Å². The van der Waals surface area contributed by atoms with Gasteiger partial charge in [-0.25, -0.2) is 0 Å². The smallest absolute Gasteiger partial charge is 0.300 e. The molecule has 7 nitrogen and oxygen atoms in total. The van der Waals surface area contributed by atoms with Crippen LogP contribution in [0.1, 0.15) is 22.7 Å². The minimum atomic E-state index is -0.887. The van der Waals surface area contributed by atoms with Gasteiger partial charge in [0.1, 0.15) is 17.3 Å². The van der Waals surface area contributed by atoms with Crippen molar-refractivity contribution >= 4 is 23.1 Å². The summed E-state index contributed by atoms with van der Waals surface area (Å²) >= 11 is 0. The number of anilines is 1. The average Bonchev–Trinajstić information content (AvgIpc) is 3.51. The Labute approximate surface area is 219 Å². The number of ketones is 1. The van der Waals surface area contributed by atoms with E-state index in [0.717, 1.165) is 5.56 Å². The first-order valence-corrected chi connectivity index (χ1v) is 12.1. The normalized spacial score (nSPS) is 17.6. The first-order chi connectivity index (χ1) is 18.5. The second kappa shape index (κ2) is 9.44. The molecule has 2 aliphatic rings. The Bertz CT molecular complexity index is 1580. The Morgan fingerprint density at radius 2 is 1.58 bits per heavy atom. The molecule has 0 radical (unpaired) electrons. The molecule has 1 amide bonds. The number of hydrogen-bond acceptors (Lipinski definition) is 6. The van der Waals surface area contributed by atoms with E-state index in [1.54, 1.807) is 48.5 Å². The SMILES string of the molecule is Cc1ccc(N2C(=O)C(=O)/C(=C(\O)c3ccc4c(c3)OCO4)C2c2cccc(Oc3ccccc3)c2)cc1. The number of hydrogen-bond donors (Lipinski definition) is 1. The van der Waals surface area contributed by atoms with Gasteiger partial charge in [-0.2, -0.15) is 0 Å². The Morgan fingerprint density at radius 3 is 2.37 bits per heavy atom. The van der Waals surface area contributed by atoms with Gasteiger partial charge in [0.15, 0.2) is 11.5 Å². The summed E-state index contributed by atoms with van der Waals surface area (Å²) in [6, 6.07) is 27.8. The first kappa shape index (κ1) is 23.4. The van der Waals surface area contributed by atoms with E-state index in [-0.39, 0.29) is 18.1 Å². The van der Waals surface area contributed by atoms with Crippen molar-refractivity contribution in [3.63, 3.8) is 0 Å². The van der Waals surface area contributed by atoms with Crippen molar-refractivity contribution in [3.05, 3.63) is 119 Å². The Hall–Kier alpha value is -5.04. The fourth-order valence-electron chi connectivity index (χ4n) is 4.69. The number of carbonyl (C=O) groups excluding carboxylic acids is 2. The van der Waals surface area contributed by atoms with Crippen molar-refractivity contribution in [2.24, 2.45) is 0 Å². The van der Waals surface area contributed by atoms with Crippen LogP contribution in [0.4, 0.5) is 5.69 Å². The van der Waals surface area contributed by atoms with Crippen molar-refractivity contribution in [1.29, 1.82) is 0 Å². The highest BCUT2D eigenvalue weighted by Crippen LogP contribution is 2.44. The van der Waals surface area contributed by atoms with Crippen LogP contribution in [0.15, 0.2) is 103 Å². The predicted octanol–water partition coefficient (Wildman–Crippen LogP) is 6.14. The van der Waals surface area contributed by atoms with E-state index in [2.05, 4.69) is 0 Å². The van der Waals surface area contributed by atoms with Crippen molar-refractivity contribution < 1.29 is 28.9 Å². The maximum absolute atomic E-state index is 13.5. The monoisotopic (exact) mass is 505 g/mol.